The number of fused-ring (bicyclic) bond motifs is 1. The van der Waals surface area contributed by atoms with Crippen LogP contribution in [0.1, 0.15) is 35.3 Å². The largest absolute Gasteiger partial charge is 0.333 e. The lowest BCUT2D eigenvalue weighted by molar-refractivity contribution is 0.0674. The number of hydrogen-bond acceptors (Lipinski definition) is 3. The van der Waals surface area contributed by atoms with Crippen LogP contribution in [0.5, 0.6) is 0 Å². The SMILES string of the molecule is O=C(c1cn2cccnc2n1)N(Cc1ccccc1)CC1CCC1. The van der Waals surface area contributed by atoms with Crippen LogP contribution >= 0.6 is 0 Å². The van der Waals surface area contributed by atoms with E-state index >= 15 is 0 Å². The Balaban J connectivity index is 1.59. The summed E-state index contributed by atoms with van der Waals surface area (Å²) in [7, 11) is 0. The first kappa shape index (κ1) is 14.9. The lowest BCUT2D eigenvalue weighted by Crippen LogP contribution is -2.37. The van der Waals surface area contributed by atoms with Gasteiger partial charge >= 0.3 is 0 Å². The Hall–Kier alpha value is -2.69. The fourth-order valence-electron chi connectivity index (χ4n) is 3.11. The van der Waals surface area contributed by atoms with E-state index in [1.807, 2.05) is 35.4 Å². The first-order valence-electron chi connectivity index (χ1n) is 8.42. The van der Waals surface area contributed by atoms with Gasteiger partial charge in [0, 0.05) is 31.7 Å². The molecule has 2 aromatic heterocycles. The first-order chi connectivity index (χ1) is 11.8. The van der Waals surface area contributed by atoms with Crippen LogP contribution in [0.15, 0.2) is 55.0 Å². The zero-order chi connectivity index (χ0) is 16.4. The second-order valence-electron chi connectivity index (χ2n) is 6.42. The molecule has 0 bridgehead atoms. The minimum Gasteiger partial charge on any atom is -0.333 e. The number of imidazole rings is 1. The quantitative estimate of drug-likeness (QED) is 0.725. The normalized spacial score (nSPS) is 14.5. The third kappa shape index (κ3) is 3.02. The Bertz CT molecular complexity index is 806. The van der Waals surface area contributed by atoms with Crippen LogP contribution in [-0.2, 0) is 6.54 Å². The summed E-state index contributed by atoms with van der Waals surface area (Å²) in [6.07, 6.45) is 9.02. The Morgan fingerprint density at radius 3 is 2.75 bits per heavy atom. The van der Waals surface area contributed by atoms with Gasteiger partial charge < -0.3 is 4.90 Å². The van der Waals surface area contributed by atoms with Gasteiger partial charge in [0.05, 0.1) is 0 Å². The van der Waals surface area contributed by atoms with Gasteiger partial charge in [-0.1, -0.05) is 36.8 Å². The van der Waals surface area contributed by atoms with Crippen molar-refractivity contribution in [1.29, 1.82) is 0 Å². The van der Waals surface area contributed by atoms with Crippen LogP contribution in [0, 0.1) is 5.92 Å². The molecule has 1 aliphatic carbocycles. The van der Waals surface area contributed by atoms with Crippen molar-refractivity contribution in [3.63, 3.8) is 0 Å². The number of rotatable bonds is 5. The van der Waals surface area contributed by atoms with Gasteiger partial charge in [-0.2, -0.15) is 0 Å². The molecule has 0 unspecified atom stereocenters. The van der Waals surface area contributed by atoms with E-state index in [2.05, 4.69) is 22.1 Å². The monoisotopic (exact) mass is 320 g/mol. The highest BCUT2D eigenvalue weighted by Crippen LogP contribution is 2.28. The van der Waals surface area contributed by atoms with Crippen LogP contribution in [0.3, 0.4) is 0 Å². The van der Waals surface area contributed by atoms with Crippen molar-refractivity contribution in [3.8, 4) is 0 Å². The van der Waals surface area contributed by atoms with Crippen molar-refractivity contribution in [2.24, 2.45) is 5.92 Å². The Morgan fingerprint density at radius 1 is 1.21 bits per heavy atom. The fraction of sp³-hybridized carbons (Fsp3) is 0.316. The molecule has 1 aliphatic rings. The highest BCUT2D eigenvalue weighted by Gasteiger charge is 2.26. The van der Waals surface area contributed by atoms with Crippen LogP contribution in [0.25, 0.3) is 5.78 Å². The number of amides is 1. The molecular weight excluding hydrogens is 300 g/mol. The third-order valence-electron chi connectivity index (χ3n) is 4.66. The lowest BCUT2D eigenvalue weighted by Gasteiger charge is -2.32. The van der Waals surface area contributed by atoms with E-state index in [0.29, 0.717) is 23.9 Å². The minimum absolute atomic E-state index is 0.0174. The maximum atomic E-state index is 13.0. The molecule has 122 valence electrons. The molecule has 0 saturated heterocycles. The average Bonchev–Trinajstić information content (AvgIpc) is 3.01. The second kappa shape index (κ2) is 6.43. The maximum absolute atomic E-state index is 13.0. The minimum atomic E-state index is -0.0174. The summed E-state index contributed by atoms with van der Waals surface area (Å²) < 4.78 is 1.79. The average molecular weight is 320 g/mol. The number of aromatic nitrogens is 3. The number of carbonyl (C=O) groups excluding carboxylic acids is 1. The molecule has 5 heteroatoms. The molecule has 4 rings (SSSR count). The van der Waals surface area contributed by atoms with Crippen molar-refractivity contribution in [2.75, 3.05) is 6.54 Å². The molecule has 1 amide bonds. The Morgan fingerprint density at radius 2 is 2.04 bits per heavy atom. The van der Waals surface area contributed by atoms with Gasteiger partial charge in [-0.3, -0.25) is 9.20 Å². The lowest BCUT2D eigenvalue weighted by atomic mass is 9.85. The smallest absolute Gasteiger partial charge is 0.274 e. The van der Waals surface area contributed by atoms with Crippen molar-refractivity contribution in [1.82, 2.24) is 19.3 Å². The number of hydrogen-bond donors (Lipinski definition) is 0. The highest BCUT2D eigenvalue weighted by atomic mass is 16.2. The van der Waals surface area contributed by atoms with E-state index in [9.17, 15) is 4.79 Å². The van der Waals surface area contributed by atoms with E-state index in [0.717, 1.165) is 12.1 Å². The van der Waals surface area contributed by atoms with E-state index in [1.165, 1.54) is 19.3 Å². The predicted molar refractivity (Wildman–Crippen MR) is 91.5 cm³/mol. The molecule has 1 saturated carbocycles. The molecule has 0 spiro atoms. The molecule has 2 heterocycles. The van der Waals surface area contributed by atoms with Crippen LogP contribution in [0.4, 0.5) is 0 Å². The second-order valence-corrected chi connectivity index (χ2v) is 6.42. The summed E-state index contributed by atoms with van der Waals surface area (Å²) in [6, 6.07) is 12.0. The van der Waals surface area contributed by atoms with Crippen molar-refractivity contribution < 1.29 is 4.79 Å². The standard InChI is InChI=1S/C19H20N4O/c24-18(17-14-22-11-5-10-20-19(22)21-17)23(13-16-8-4-9-16)12-15-6-2-1-3-7-15/h1-3,5-7,10-11,14,16H,4,8-9,12-13H2. The van der Waals surface area contributed by atoms with E-state index in [-0.39, 0.29) is 5.91 Å². The molecule has 1 fully saturated rings. The molecule has 0 radical (unpaired) electrons. The summed E-state index contributed by atoms with van der Waals surface area (Å²) in [5, 5.41) is 0. The summed E-state index contributed by atoms with van der Waals surface area (Å²) in [5.41, 5.74) is 1.61. The maximum Gasteiger partial charge on any atom is 0.274 e. The molecular formula is C19H20N4O. The molecule has 0 atom stereocenters. The number of benzene rings is 1. The van der Waals surface area contributed by atoms with Crippen molar-refractivity contribution in [3.05, 3.63) is 66.2 Å². The van der Waals surface area contributed by atoms with Crippen molar-refractivity contribution in [2.45, 2.75) is 25.8 Å². The van der Waals surface area contributed by atoms with Gasteiger partial charge in [-0.05, 0) is 30.4 Å². The number of carbonyl (C=O) groups is 1. The Kier molecular flexibility index (Phi) is 3.99. The van der Waals surface area contributed by atoms with Crippen LogP contribution in [-0.4, -0.2) is 31.7 Å². The summed E-state index contributed by atoms with van der Waals surface area (Å²) in [6.45, 7) is 1.42. The molecule has 1 aromatic carbocycles. The van der Waals surface area contributed by atoms with E-state index in [1.54, 1.807) is 16.8 Å². The first-order valence-corrected chi connectivity index (χ1v) is 8.42. The van der Waals surface area contributed by atoms with Crippen LogP contribution in [0.2, 0.25) is 0 Å². The predicted octanol–water partition coefficient (Wildman–Crippen LogP) is 3.17. The molecule has 5 nitrogen and oxygen atoms in total. The van der Waals surface area contributed by atoms with Crippen molar-refractivity contribution >= 4 is 11.7 Å². The summed E-state index contributed by atoms with van der Waals surface area (Å²) >= 11 is 0. The van der Waals surface area contributed by atoms with Gasteiger partial charge in [0.1, 0.15) is 5.69 Å². The molecule has 3 aromatic rings. The Labute approximate surface area is 141 Å². The summed E-state index contributed by atoms with van der Waals surface area (Å²) in [5.74, 6) is 1.16. The molecule has 24 heavy (non-hydrogen) atoms. The molecule has 0 aliphatic heterocycles. The van der Waals surface area contributed by atoms with Gasteiger partial charge in [-0.25, -0.2) is 9.97 Å². The topological polar surface area (TPSA) is 50.5 Å². The van der Waals surface area contributed by atoms with Gasteiger partial charge in [0.15, 0.2) is 0 Å². The van der Waals surface area contributed by atoms with Gasteiger partial charge in [-0.15, -0.1) is 0 Å². The van der Waals surface area contributed by atoms with E-state index < -0.39 is 0 Å². The zero-order valence-electron chi connectivity index (χ0n) is 13.5. The number of nitrogens with zero attached hydrogens (tertiary/aromatic N) is 4. The zero-order valence-corrected chi connectivity index (χ0v) is 13.5. The van der Waals surface area contributed by atoms with E-state index in [4.69, 9.17) is 0 Å². The van der Waals surface area contributed by atoms with Gasteiger partial charge in [0.2, 0.25) is 5.78 Å². The fourth-order valence-corrected chi connectivity index (χ4v) is 3.11. The molecule has 0 N–H and O–H groups in total. The summed E-state index contributed by atoms with van der Waals surface area (Å²) in [4.78, 5) is 23.5. The third-order valence-corrected chi connectivity index (χ3v) is 4.66. The van der Waals surface area contributed by atoms with Gasteiger partial charge in [0.25, 0.3) is 5.91 Å². The van der Waals surface area contributed by atoms with Crippen LogP contribution < -0.4 is 0 Å². The highest BCUT2D eigenvalue weighted by molar-refractivity contribution is 5.92.